The van der Waals surface area contributed by atoms with E-state index in [1.165, 1.54) is 0 Å². The Morgan fingerprint density at radius 1 is 1.33 bits per heavy atom. The minimum atomic E-state index is 0.471. The summed E-state index contributed by atoms with van der Waals surface area (Å²) < 4.78 is 10.2. The van der Waals surface area contributed by atoms with Gasteiger partial charge in [0.05, 0.1) is 12.7 Å². The number of nitrogens with one attached hydrogen (secondary N) is 1. The van der Waals surface area contributed by atoms with E-state index in [1.54, 1.807) is 6.20 Å². The summed E-state index contributed by atoms with van der Waals surface area (Å²) in [6.45, 7) is 6.58. The van der Waals surface area contributed by atoms with Crippen LogP contribution in [0.1, 0.15) is 11.6 Å². The number of piperazine rings is 1. The third-order valence-corrected chi connectivity index (χ3v) is 3.02. The van der Waals surface area contributed by atoms with E-state index in [0.29, 0.717) is 17.5 Å². The summed E-state index contributed by atoms with van der Waals surface area (Å²) in [4.78, 5) is 6.67. The zero-order valence-electron chi connectivity index (χ0n) is 10.2. The fraction of sp³-hybridized carbons (Fsp3) is 0.545. The highest BCUT2D eigenvalue weighted by Crippen LogP contribution is 2.20. The van der Waals surface area contributed by atoms with Gasteiger partial charge in [-0.1, -0.05) is 10.3 Å². The van der Waals surface area contributed by atoms with E-state index in [2.05, 4.69) is 25.5 Å². The molecule has 0 bridgehead atoms. The van der Waals surface area contributed by atoms with Crippen LogP contribution in [0, 0.1) is 6.92 Å². The first-order chi connectivity index (χ1) is 8.83. The van der Waals surface area contributed by atoms with Crippen LogP contribution in [0.3, 0.4) is 0 Å². The van der Waals surface area contributed by atoms with Gasteiger partial charge in [0.25, 0.3) is 5.89 Å². The molecule has 1 fully saturated rings. The van der Waals surface area contributed by atoms with Crippen molar-refractivity contribution >= 4 is 0 Å². The Bertz CT molecular complexity index is 515. The van der Waals surface area contributed by atoms with Crippen LogP contribution in [-0.4, -0.2) is 46.4 Å². The van der Waals surface area contributed by atoms with Gasteiger partial charge in [-0.3, -0.25) is 4.90 Å². The lowest BCUT2D eigenvalue weighted by atomic mass is 10.3. The Kier molecular flexibility index (Phi) is 3.07. The lowest BCUT2D eigenvalue weighted by molar-refractivity contribution is 0.225. The summed E-state index contributed by atoms with van der Waals surface area (Å²) >= 11 is 0. The third-order valence-electron chi connectivity index (χ3n) is 3.02. The highest BCUT2D eigenvalue weighted by molar-refractivity contribution is 5.53. The normalized spacial score (nSPS) is 17.2. The fourth-order valence-electron chi connectivity index (χ4n) is 2.00. The summed E-state index contributed by atoms with van der Waals surface area (Å²) in [7, 11) is 0. The molecule has 0 aliphatic carbocycles. The highest BCUT2D eigenvalue weighted by Gasteiger charge is 2.17. The second-order valence-electron chi connectivity index (χ2n) is 4.34. The van der Waals surface area contributed by atoms with Crippen LogP contribution in [0.15, 0.2) is 15.2 Å². The van der Waals surface area contributed by atoms with Gasteiger partial charge in [-0.15, -0.1) is 0 Å². The molecular formula is C11H15N5O2. The molecule has 0 spiro atoms. The predicted molar refractivity (Wildman–Crippen MR) is 62.7 cm³/mol. The second kappa shape index (κ2) is 4.87. The standard InChI is InChI=1S/C11H15N5O2/c1-8-9(6-13-17-8)11-14-10(15-18-11)7-16-4-2-12-3-5-16/h6,12H,2-5,7H2,1H3. The average Bonchev–Trinajstić information content (AvgIpc) is 2.99. The van der Waals surface area contributed by atoms with E-state index in [4.69, 9.17) is 9.05 Å². The topological polar surface area (TPSA) is 80.2 Å². The van der Waals surface area contributed by atoms with Crippen molar-refractivity contribution in [3.63, 3.8) is 0 Å². The number of hydrogen-bond acceptors (Lipinski definition) is 7. The zero-order valence-corrected chi connectivity index (χ0v) is 10.2. The number of aromatic nitrogens is 3. The van der Waals surface area contributed by atoms with Crippen molar-refractivity contribution in [1.82, 2.24) is 25.5 Å². The molecule has 96 valence electrons. The fourth-order valence-corrected chi connectivity index (χ4v) is 2.00. The Labute approximate surface area is 104 Å². The Hall–Kier alpha value is -1.73. The van der Waals surface area contributed by atoms with E-state index in [9.17, 15) is 0 Å². The molecule has 0 unspecified atom stereocenters. The van der Waals surface area contributed by atoms with E-state index in [1.807, 2.05) is 6.92 Å². The van der Waals surface area contributed by atoms with Gasteiger partial charge in [-0.25, -0.2) is 0 Å². The molecule has 1 saturated heterocycles. The maximum absolute atomic E-state index is 5.23. The van der Waals surface area contributed by atoms with Gasteiger partial charge >= 0.3 is 0 Å². The van der Waals surface area contributed by atoms with Gasteiger partial charge in [0.15, 0.2) is 5.82 Å². The monoisotopic (exact) mass is 249 g/mol. The molecule has 0 saturated carbocycles. The molecule has 7 heteroatoms. The van der Waals surface area contributed by atoms with Crippen LogP contribution in [-0.2, 0) is 6.54 Å². The van der Waals surface area contributed by atoms with Crippen molar-refractivity contribution in [2.24, 2.45) is 0 Å². The van der Waals surface area contributed by atoms with E-state index in [0.717, 1.165) is 38.3 Å². The molecule has 1 aliphatic rings. The first kappa shape index (κ1) is 11.4. The molecule has 2 aromatic heterocycles. The molecule has 0 atom stereocenters. The lowest BCUT2D eigenvalue weighted by Gasteiger charge is -2.25. The number of aryl methyl sites for hydroxylation is 1. The van der Waals surface area contributed by atoms with Crippen LogP contribution in [0.2, 0.25) is 0 Å². The number of rotatable bonds is 3. The summed E-state index contributed by atoms with van der Waals surface area (Å²) in [6.07, 6.45) is 1.59. The SMILES string of the molecule is Cc1oncc1-c1nc(CN2CCNCC2)no1. The number of nitrogens with zero attached hydrogens (tertiary/aromatic N) is 4. The van der Waals surface area contributed by atoms with Crippen LogP contribution < -0.4 is 5.32 Å². The minimum Gasteiger partial charge on any atom is -0.361 e. The van der Waals surface area contributed by atoms with Crippen LogP contribution in [0.25, 0.3) is 11.5 Å². The van der Waals surface area contributed by atoms with Gasteiger partial charge in [0, 0.05) is 26.2 Å². The zero-order chi connectivity index (χ0) is 12.4. The van der Waals surface area contributed by atoms with Gasteiger partial charge in [-0.05, 0) is 6.92 Å². The Balaban J connectivity index is 1.71. The molecule has 0 aromatic carbocycles. The predicted octanol–water partition coefficient (Wildman–Crippen LogP) is 0.438. The second-order valence-corrected chi connectivity index (χ2v) is 4.34. The summed E-state index contributed by atoms with van der Waals surface area (Å²) in [6, 6.07) is 0. The molecule has 1 N–H and O–H groups in total. The summed E-state index contributed by atoms with van der Waals surface area (Å²) in [5.41, 5.74) is 0.758. The van der Waals surface area contributed by atoms with Crippen molar-refractivity contribution in [1.29, 1.82) is 0 Å². The molecule has 3 heterocycles. The van der Waals surface area contributed by atoms with Crippen molar-refractivity contribution in [2.45, 2.75) is 13.5 Å². The maximum atomic E-state index is 5.23. The molecule has 2 aromatic rings. The van der Waals surface area contributed by atoms with Crippen LogP contribution in [0.5, 0.6) is 0 Å². The molecule has 0 amide bonds. The van der Waals surface area contributed by atoms with Gasteiger partial charge in [-0.2, -0.15) is 4.98 Å². The average molecular weight is 249 g/mol. The molecule has 18 heavy (non-hydrogen) atoms. The Morgan fingerprint density at radius 3 is 2.89 bits per heavy atom. The summed E-state index contributed by atoms with van der Waals surface area (Å²) in [5.74, 6) is 1.86. The molecule has 0 radical (unpaired) electrons. The van der Waals surface area contributed by atoms with Crippen LogP contribution >= 0.6 is 0 Å². The lowest BCUT2D eigenvalue weighted by Crippen LogP contribution is -2.43. The van der Waals surface area contributed by atoms with Crippen molar-refractivity contribution in [3.8, 4) is 11.5 Å². The van der Waals surface area contributed by atoms with Gasteiger partial charge in [0.1, 0.15) is 11.3 Å². The van der Waals surface area contributed by atoms with Gasteiger partial charge < -0.3 is 14.4 Å². The Morgan fingerprint density at radius 2 is 2.17 bits per heavy atom. The van der Waals surface area contributed by atoms with Crippen molar-refractivity contribution in [2.75, 3.05) is 26.2 Å². The quantitative estimate of drug-likeness (QED) is 0.845. The largest absolute Gasteiger partial charge is 0.361 e. The molecular weight excluding hydrogens is 234 g/mol. The van der Waals surface area contributed by atoms with Crippen molar-refractivity contribution < 1.29 is 9.05 Å². The van der Waals surface area contributed by atoms with E-state index >= 15 is 0 Å². The third kappa shape index (κ3) is 2.27. The first-order valence-corrected chi connectivity index (χ1v) is 6.00. The smallest absolute Gasteiger partial charge is 0.263 e. The highest BCUT2D eigenvalue weighted by atomic mass is 16.5. The number of hydrogen-bond donors (Lipinski definition) is 1. The van der Waals surface area contributed by atoms with E-state index < -0.39 is 0 Å². The van der Waals surface area contributed by atoms with Crippen LogP contribution in [0.4, 0.5) is 0 Å². The molecule has 7 nitrogen and oxygen atoms in total. The molecule has 1 aliphatic heterocycles. The minimum absolute atomic E-state index is 0.471. The summed E-state index contributed by atoms with van der Waals surface area (Å²) in [5, 5.41) is 11.0. The maximum Gasteiger partial charge on any atom is 0.263 e. The van der Waals surface area contributed by atoms with Crippen molar-refractivity contribution in [3.05, 3.63) is 17.8 Å². The van der Waals surface area contributed by atoms with Gasteiger partial charge in [0.2, 0.25) is 0 Å². The van der Waals surface area contributed by atoms with E-state index in [-0.39, 0.29) is 0 Å². The first-order valence-electron chi connectivity index (χ1n) is 6.00. The molecule has 3 rings (SSSR count).